The summed E-state index contributed by atoms with van der Waals surface area (Å²) < 4.78 is 7.82. The van der Waals surface area contributed by atoms with Crippen molar-refractivity contribution in [2.75, 3.05) is 39.4 Å². The molecule has 1 N–H and O–H groups in total. The lowest BCUT2D eigenvalue weighted by Crippen LogP contribution is -2.42. The van der Waals surface area contributed by atoms with Crippen molar-refractivity contribution in [3.05, 3.63) is 83.9 Å². The third-order valence-electron chi connectivity index (χ3n) is 6.42. The van der Waals surface area contributed by atoms with Crippen LogP contribution in [-0.4, -0.2) is 63.9 Å². The number of nitrogens with zero attached hydrogens (tertiary/aromatic N) is 4. The molecule has 2 aliphatic heterocycles. The monoisotopic (exact) mass is 447 g/mol. The summed E-state index contributed by atoms with van der Waals surface area (Å²) >= 11 is 5.86. The number of morpholine rings is 1. The van der Waals surface area contributed by atoms with Crippen LogP contribution in [0.3, 0.4) is 0 Å². The molecular weight excluding hydrogens is 418 g/mol. The van der Waals surface area contributed by atoms with Crippen LogP contribution in [0.4, 0.5) is 0 Å². The van der Waals surface area contributed by atoms with Crippen LogP contribution in [-0.2, 0) is 4.74 Å². The van der Waals surface area contributed by atoms with Gasteiger partial charge < -0.3 is 19.5 Å². The standard InChI is InChI=1S/C25H29N5OS/c1-19-7-2-3-9-21(19)29-12-6-10-22(29)24-23(20-8-4-5-11-26-20)27-25(32)30(24)14-13-28-15-17-31-18-16-28/h2-12,23-24H,13-18H2,1H3,(H,27,32)/t23-,24-/m0/s1. The summed E-state index contributed by atoms with van der Waals surface area (Å²) in [6.07, 6.45) is 4.00. The molecule has 6 nitrogen and oxygen atoms in total. The second kappa shape index (κ2) is 9.40. The van der Waals surface area contributed by atoms with Crippen LogP contribution in [0.25, 0.3) is 5.69 Å². The average Bonchev–Trinajstić information content (AvgIpc) is 3.43. The quantitative estimate of drug-likeness (QED) is 0.584. The third-order valence-corrected chi connectivity index (χ3v) is 6.77. The van der Waals surface area contributed by atoms with Crippen molar-refractivity contribution in [2.24, 2.45) is 0 Å². The highest BCUT2D eigenvalue weighted by Gasteiger charge is 2.41. The van der Waals surface area contributed by atoms with E-state index in [0.29, 0.717) is 0 Å². The van der Waals surface area contributed by atoms with E-state index in [4.69, 9.17) is 17.0 Å². The van der Waals surface area contributed by atoms with Gasteiger partial charge in [0, 0.05) is 50.0 Å². The number of aryl methyl sites for hydroxylation is 1. The summed E-state index contributed by atoms with van der Waals surface area (Å²) in [6.45, 7) is 7.53. The molecule has 2 aromatic heterocycles. The lowest BCUT2D eigenvalue weighted by atomic mass is 10.0. The number of thiocarbonyl (C=S) groups is 1. The second-order valence-corrected chi connectivity index (χ2v) is 8.75. The van der Waals surface area contributed by atoms with Crippen molar-refractivity contribution in [3.63, 3.8) is 0 Å². The molecule has 5 rings (SSSR count). The van der Waals surface area contributed by atoms with Gasteiger partial charge >= 0.3 is 0 Å². The normalized spacial score (nSPS) is 21.7. The summed E-state index contributed by atoms with van der Waals surface area (Å²) in [6, 6.07) is 19.0. The first-order valence-electron chi connectivity index (χ1n) is 11.2. The van der Waals surface area contributed by atoms with Gasteiger partial charge in [-0.2, -0.15) is 0 Å². The van der Waals surface area contributed by atoms with Crippen molar-refractivity contribution in [1.82, 2.24) is 24.7 Å². The topological polar surface area (TPSA) is 45.6 Å². The van der Waals surface area contributed by atoms with E-state index in [1.807, 2.05) is 18.3 Å². The lowest BCUT2D eigenvalue weighted by Gasteiger charge is -2.32. The number of nitrogens with one attached hydrogen (secondary N) is 1. The zero-order valence-electron chi connectivity index (χ0n) is 18.4. The highest BCUT2D eigenvalue weighted by molar-refractivity contribution is 7.80. The van der Waals surface area contributed by atoms with E-state index in [9.17, 15) is 0 Å². The van der Waals surface area contributed by atoms with Gasteiger partial charge in [-0.15, -0.1) is 0 Å². The smallest absolute Gasteiger partial charge is 0.170 e. The summed E-state index contributed by atoms with van der Waals surface area (Å²) in [5.41, 5.74) is 4.65. The number of para-hydroxylation sites is 1. The van der Waals surface area contributed by atoms with E-state index < -0.39 is 0 Å². The zero-order chi connectivity index (χ0) is 21.9. The van der Waals surface area contributed by atoms with Crippen molar-refractivity contribution < 1.29 is 4.74 Å². The van der Waals surface area contributed by atoms with E-state index in [1.54, 1.807) is 0 Å². The first-order valence-corrected chi connectivity index (χ1v) is 11.6. The van der Waals surface area contributed by atoms with Crippen LogP contribution in [0.2, 0.25) is 0 Å². The fraction of sp³-hybridized carbons (Fsp3) is 0.360. The minimum atomic E-state index is -0.00828. The van der Waals surface area contributed by atoms with Crippen LogP contribution in [0, 0.1) is 6.92 Å². The molecule has 4 heterocycles. The van der Waals surface area contributed by atoms with Crippen LogP contribution >= 0.6 is 12.2 Å². The van der Waals surface area contributed by atoms with E-state index in [2.05, 4.69) is 80.3 Å². The van der Waals surface area contributed by atoms with Gasteiger partial charge in [0.05, 0.1) is 31.0 Å². The number of pyridine rings is 1. The Morgan fingerprint density at radius 3 is 2.62 bits per heavy atom. The molecular formula is C25H29N5OS. The molecule has 2 atom stereocenters. The molecule has 2 fully saturated rings. The van der Waals surface area contributed by atoms with Gasteiger partial charge in [0.25, 0.3) is 0 Å². The molecule has 2 aliphatic rings. The number of hydrogen-bond donors (Lipinski definition) is 1. The largest absolute Gasteiger partial charge is 0.379 e. The van der Waals surface area contributed by atoms with Gasteiger partial charge in [-0.05, 0) is 55.0 Å². The van der Waals surface area contributed by atoms with E-state index >= 15 is 0 Å². The Labute approximate surface area is 194 Å². The van der Waals surface area contributed by atoms with Crippen molar-refractivity contribution >= 4 is 17.3 Å². The molecule has 3 aromatic rings. The SMILES string of the molecule is Cc1ccccc1-n1cccc1[C@H]1[C@H](c2ccccn2)NC(=S)N1CCN1CCOCC1. The molecule has 166 valence electrons. The highest BCUT2D eigenvalue weighted by atomic mass is 32.1. The lowest BCUT2D eigenvalue weighted by molar-refractivity contribution is 0.0349. The van der Waals surface area contributed by atoms with Gasteiger partial charge in [-0.3, -0.25) is 9.88 Å². The van der Waals surface area contributed by atoms with Gasteiger partial charge in [0.2, 0.25) is 0 Å². The minimum absolute atomic E-state index is 0.00828. The maximum absolute atomic E-state index is 5.86. The summed E-state index contributed by atoms with van der Waals surface area (Å²) in [7, 11) is 0. The molecule has 0 unspecified atom stereocenters. The Morgan fingerprint density at radius 1 is 1.03 bits per heavy atom. The highest BCUT2D eigenvalue weighted by Crippen LogP contribution is 2.39. The van der Waals surface area contributed by atoms with Crippen LogP contribution < -0.4 is 5.32 Å². The summed E-state index contributed by atoms with van der Waals surface area (Å²) in [5.74, 6) is 0. The number of aromatic nitrogens is 2. The molecule has 32 heavy (non-hydrogen) atoms. The van der Waals surface area contributed by atoms with Crippen molar-refractivity contribution in [1.29, 1.82) is 0 Å². The molecule has 0 saturated carbocycles. The molecule has 1 aromatic carbocycles. The Balaban J connectivity index is 1.51. The predicted molar refractivity (Wildman–Crippen MR) is 130 cm³/mol. The number of benzene rings is 1. The van der Waals surface area contributed by atoms with E-state index in [-0.39, 0.29) is 12.1 Å². The summed E-state index contributed by atoms with van der Waals surface area (Å²) in [5, 5.41) is 4.37. The number of ether oxygens (including phenoxy) is 1. The fourth-order valence-electron chi connectivity index (χ4n) is 4.73. The van der Waals surface area contributed by atoms with E-state index in [1.165, 1.54) is 16.9 Å². The molecule has 0 amide bonds. The Kier molecular flexibility index (Phi) is 6.21. The second-order valence-electron chi connectivity index (χ2n) is 8.36. The maximum Gasteiger partial charge on any atom is 0.170 e. The fourth-order valence-corrected chi connectivity index (χ4v) is 5.06. The van der Waals surface area contributed by atoms with E-state index in [0.717, 1.165) is 50.2 Å². The van der Waals surface area contributed by atoms with Crippen LogP contribution in [0.15, 0.2) is 67.0 Å². The number of hydrogen-bond acceptors (Lipinski definition) is 4. The van der Waals surface area contributed by atoms with Gasteiger partial charge in [-0.1, -0.05) is 24.3 Å². The Morgan fingerprint density at radius 2 is 1.84 bits per heavy atom. The molecule has 0 aliphatic carbocycles. The first kappa shape index (κ1) is 21.1. The number of rotatable bonds is 6. The van der Waals surface area contributed by atoms with Gasteiger partial charge in [0.1, 0.15) is 0 Å². The third kappa shape index (κ3) is 4.16. The molecule has 2 saturated heterocycles. The Hall–Kier alpha value is -2.74. The molecule has 0 bridgehead atoms. The molecule has 0 radical (unpaired) electrons. The van der Waals surface area contributed by atoms with Gasteiger partial charge in [0.15, 0.2) is 5.11 Å². The maximum atomic E-state index is 5.86. The average molecular weight is 448 g/mol. The summed E-state index contributed by atoms with van der Waals surface area (Å²) in [4.78, 5) is 9.47. The van der Waals surface area contributed by atoms with Crippen LogP contribution in [0.1, 0.15) is 29.0 Å². The predicted octanol–water partition coefficient (Wildman–Crippen LogP) is 3.49. The zero-order valence-corrected chi connectivity index (χ0v) is 19.2. The first-order chi connectivity index (χ1) is 15.7. The van der Waals surface area contributed by atoms with Gasteiger partial charge in [-0.25, -0.2) is 0 Å². The molecule has 7 heteroatoms. The molecule has 0 spiro atoms. The van der Waals surface area contributed by atoms with Crippen LogP contribution in [0.5, 0.6) is 0 Å². The van der Waals surface area contributed by atoms with Crippen molar-refractivity contribution in [2.45, 2.75) is 19.0 Å². The Bertz CT molecular complexity index is 1060. The van der Waals surface area contributed by atoms with Crippen molar-refractivity contribution in [3.8, 4) is 5.69 Å². The minimum Gasteiger partial charge on any atom is -0.379 e.